The number of carboxylic acids is 1. The first-order valence-corrected chi connectivity index (χ1v) is 4.33. The van der Waals surface area contributed by atoms with E-state index in [-0.39, 0.29) is 19.1 Å². The fourth-order valence-electron chi connectivity index (χ4n) is 0.648. The molecule has 0 fully saturated rings. The van der Waals surface area contributed by atoms with E-state index in [1.165, 1.54) is 0 Å². The third-order valence-corrected chi connectivity index (χ3v) is 1.37. The van der Waals surface area contributed by atoms with Gasteiger partial charge in [-0.15, -0.1) is 0 Å². The molecule has 6 nitrogen and oxygen atoms in total. The number of carboxylic acid groups (broad SMARTS) is 1. The molecule has 0 aliphatic carbocycles. The lowest BCUT2D eigenvalue weighted by Gasteiger charge is -2.13. The van der Waals surface area contributed by atoms with Crippen LogP contribution in [0.5, 0.6) is 0 Å². The van der Waals surface area contributed by atoms with Crippen molar-refractivity contribution in [1.29, 1.82) is 0 Å². The monoisotopic (exact) mass is 204 g/mol. The summed E-state index contributed by atoms with van der Waals surface area (Å²) in [6, 6.07) is -1.09. The van der Waals surface area contributed by atoms with Crippen molar-refractivity contribution >= 4 is 12.1 Å². The third kappa shape index (κ3) is 5.36. The summed E-state index contributed by atoms with van der Waals surface area (Å²) >= 11 is 0. The van der Waals surface area contributed by atoms with E-state index in [0.717, 1.165) is 0 Å². The van der Waals surface area contributed by atoms with Gasteiger partial charge >= 0.3 is 12.1 Å². The zero-order chi connectivity index (χ0) is 11.1. The van der Waals surface area contributed by atoms with Crippen LogP contribution < -0.4 is 11.1 Å². The van der Waals surface area contributed by atoms with Crippen molar-refractivity contribution in [2.75, 3.05) is 13.2 Å². The second kappa shape index (κ2) is 6.20. The zero-order valence-electron chi connectivity index (χ0n) is 8.32. The van der Waals surface area contributed by atoms with Crippen LogP contribution in [0.15, 0.2) is 0 Å². The van der Waals surface area contributed by atoms with Crippen LogP contribution in [0.3, 0.4) is 0 Å². The Hall–Kier alpha value is -1.30. The van der Waals surface area contributed by atoms with Gasteiger partial charge in [-0.3, -0.25) is 0 Å². The van der Waals surface area contributed by atoms with E-state index in [9.17, 15) is 9.59 Å². The number of nitrogens with two attached hydrogens (primary N) is 1. The second-order valence-corrected chi connectivity index (χ2v) is 3.26. The number of carbonyl (C=O) groups excluding carboxylic acids is 1. The largest absolute Gasteiger partial charge is 0.480 e. The van der Waals surface area contributed by atoms with Crippen molar-refractivity contribution in [1.82, 2.24) is 5.32 Å². The van der Waals surface area contributed by atoms with E-state index in [4.69, 9.17) is 15.6 Å². The van der Waals surface area contributed by atoms with Gasteiger partial charge in [0.05, 0.1) is 6.61 Å². The molecule has 6 heteroatoms. The molecule has 1 atom stereocenters. The second-order valence-electron chi connectivity index (χ2n) is 3.26. The van der Waals surface area contributed by atoms with Crippen LogP contribution in [0, 0.1) is 5.92 Å². The molecule has 0 radical (unpaired) electrons. The smallest absolute Gasteiger partial charge is 0.407 e. The topological polar surface area (TPSA) is 102 Å². The van der Waals surface area contributed by atoms with Gasteiger partial charge in [-0.05, 0) is 5.92 Å². The zero-order valence-corrected chi connectivity index (χ0v) is 8.32. The summed E-state index contributed by atoms with van der Waals surface area (Å²) < 4.78 is 4.72. The first kappa shape index (κ1) is 12.7. The van der Waals surface area contributed by atoms with Crippen molar-refractivity contribution in [3.8, 4) is 0 Å². The highest BCUT2D eigenvalue weighted by Crippen LogP contribution is 1.93. The van der Waals surface area contributed by atoms with Gasteiger partial charge in [-0.1, -0.05) is 13.8 Å². The van der Waals surface area contributed by atoms with Gasteiger partial charge < -0.3 is 20.9 Å². The van der Waals surface area contributed by atoms with E-state index >= 15 is 0 Å². The Kier molecular flexibility index (Phi) is 5.62. The molecule has 4 N–H and O–H groups in total. The lowest BCUT2D eigenvalue weighted by molar-refractivity contribution is -0.139. The molecule has 0 aromatic carbocycles. The average Bonchev–Trinajstić information content (AvgIpc) is 2.10. The summed E-state index contributed by atoms with van der Waals surface area (Å²) in [6.45, 7) is 3.85. The predicted octanol–water partition coefficient (Wildman–Crippen LogP) is -0.219. The van der Waals surface area contributed by atoms with Crippen molar-refractivity contribution in [3.05, 3.63) is 0 Å². The Morgan fingerprint density at radius 3 is 2.43 bits per heavy atom. The predicted molar refractivity (Wildman–Crippen MR) is 49.8 cm³/mol. The van der Waals surface area contributed by atoms with E-state index in [2.05, 4.69) is 5.32 Å². The average molecular weight is 204 g/mol. The Morgan fingerprint density at radius 1 is 1.50 bits per heavy atom. The van der Waals surface area contributed by atoms with Crippen molar-refractivity contribution < 1.29 is 19.4 Å². The van der Waals surface area contributed by atoms with Gasteiger partial charge in [-0.25, -0.2) is 9.59 Å². The number of ether oxygens (including phenoxy) is 1. The van der Waals surface area contributed by atoms with Crippen LogP contribution in [0.4, 0.5) is 4.79 Å². The minimum atomic E-state index is -1.17. The molecule has 0 aromatic rings. The maximum atomic E-state index is 11.0. The molecule has 0 heterocycles. The summed E-state index contributed by atoms with van der Waals surface area (Å²) in [4.78, 5) is 21.4. The standard InChI is InChI=1S/C8H16N2O4/c1-5(2)4-14-8(13)10-6(3-9)7(11)12/h5-6H,3-4,9H2,1-2H3,(H,10,13)(H,11,12). The highest BCUT2D eigenvalue weighted by Gasteiger charge is 2.18. The maximum Gasteiger partial charge on any atom is 0.407 e. The number of rotatable bonds is 5. The van der Waals surface area contributed by atoms with Crippen LogP contribution in [-0.2, 0) is 9.53 Å². The highest BCUT2D eigenvalue weighted by molar-refractivity contribution is 5.80. The molecule has 14 heavy (non-hydrogen) atoms. The summed E-state index contributed by atoms with van der Waals surface area (Å²) in [5.41, 5.74) is 5.13. The fourth-order valence-corrected chi connectivity index (χ4v) is 0.648. The van der Waals surface area contributed by atoms with Crippen LogP contribution in [0.1, 0.15) is 13.8 Å². The lowest BCUT2D eigenvalue weighted by atomic mass is 10.2. The molecule has 0 rings (SSSR count). The van der Waals surface area contributed by atoms with Crippen LogP contribution in [0.25, 0.3) is 0 Å². The SMILES string of the molecule is CC(C)COC(=O)NC(CN)C(=O)O. The number of carbonyl (C=O) groups is 2. The minimum absolute atomic E-state index is 0.161. The molecular formula is C8H16N2O4. The molecule has 0 saturated carbocycles. The molecule has 0 spiro atoms. The van der Waals surface area contributed by atoms with Crippen LogP contribution in [0.2, 0.25) is 0 Å². The Morgan fingerprint density at radius 2 is 2.07 bits per heavy atom. The molecule has 0 aromatic heterocycles. The fraction of sp³-hybridized carbons (Fsp3) is 0.750. The van der Waals surface area contributed by atoms with Crippen LogP contribution in [-0.4, -0.2) is 36.4 Å². The number of hydrogen-bond acceptors (Lipinski definition) is 4. The van der Waals surface area contributed by atoms with E-state index in [1.807, 2.05) is 13.8 Å². The number of aliphatic carboxylic acids is 1. The summed E-state index contributed by atoms with van der Waals surface area (Å²) in [7, 11) is 0. The quantitative estimate of drug-likeness (QED) is 0.574. The molecule has 0 aliphatic heterocycles. The van der Waals surface area contributed by atoms with Gasteiger partial charge in [0.15, 0.2) is 0 Å². The van der Waals surface area contributed by atoms with Gasteiger partial charge in [0.25, 0.3) is 0 Å². The van der Waals surface area contributed by atoms with Gasteiger partial charge in [-0.2, -0.15) is 0 Å². The molecule has 0 aliphatic rings. The maximum absolute atomic E-state index is 11.0. The van der Waals surface area contributed by atoms with Gasteiger partial charge in [0, 0.05) is 6.54 Å². The Bertz CT molecular complexity index is 206. The minimum Gasteiger partial charge on any atom is -0.480 e. The van der Waals surface area contributed by atoms with Gasteiger partial charge in [0.1, 0.15) is 6.04 Å². The van der Waals surface area contributed by atoms with Crippen molar-refractivity contribution in [2.45, 2.75) is 19.9 Å². The summed E-state index contributed by atoms with van der Waals surface area (Å²) in [5.74, 6) is -0.962. The first-order chi connectivity index (χ1) is 6.47. The normalized spacial score (nSPS) is 12.3. The molecule has 0 bridgehead atoms. The molecule has 1 unspecified atom stereocenters. The van der Waals surface area contributed by atoms with E-state index in [1.54, 1.807) is 0 Å². The van der Waals surface area contributed by atoms with Crippen molar-refractivity contribution in [3.63, 3.8) is 0 Å². The number of nitrogens with one attached hydrogen (secondary N) is 1. The molecule has 0 saturated heterocycles. The Balaban J connectivity index is 3.85. The molecule has 82 valence electrons. The highest BCUT2D eigenvalue weighted by atomic mass is 16.5. The lowest BCUT2D eigenvalue weighted by Crippen LogP contribution is -2.46. The van der Waals surface area contributed by atoms with E-state index in [0.29, 0.717) is 0 Å². The number of alkyl carbamates (subject to hydrolysis) is 1. The number of hydrogen-bond donors (Lipinski definition) is 3. The third-order valence-electron chi connectivity index (χ3n) is 1.37. The van der Waals surface area contributed by atoms with Crippen LogP contribution >= 0.6 is 0 Å². The number of amides is 1. The molecule has 1 amide bonds. The van der Waals surface area contributed by atoms with Crippen molar-refractivity contribution in [2.24, 2.45) is 11.7 Å². The summed E-state index contributed by atoms with van der Waals surface area (Å²) in [5, 5.41) is 10.7. The molecular weight excluding hydrogens is 188 g/mol. The first-order valence-electron chi connectivity index (χ1n) is 4.33. The van der Waals surface area contributed by atoms with E-state index < -0.39 is 18.1 Å². The Labute approximate surface area is 82.4 Å². The summed E-state index contributed by atoms with van der Waals surface area (Å²) in [6.07, 6.45) is -0.753. The van der Waals surface area contributed by atoms with Gasteiger partial charge in [0.2, 0.25) is 0 Å².